The average molecular weight is 213 g/mol. The Morgan fingerprint density at radius 2 is 1.71 bits per heavy atom. The fourth-order valence-corrected chi connectivity index (χ4v) is 0.968. The summed E-state index contributed by atoms with van der Waals surface area (Å²) in [6, 6.07) is -0.730. The highest BCUT2D eigenvalue weighted by Crippen LogP contribution is 2.14. The molecule has 0 aliphatic carbocycles. The fraction of sp³-hybridized carbons (Fsp3) is 0.857. The molecule has 1 N–H and O–H groups in total. The van der Waals surface area contributed by atoms with E-state index < -0.39 is 18.1 Å². The van der Waals surface area contributed by atoms with Crippen LogP contribution in [0.1, 0.15) is 0 Å². The molecular formula is C7H10F3NO3. The number of alkyl halides is 3. The topological polar surface area (TPSA) is 47.6 Å². The van der Waals surface area contributed by atoms with Gasteiger partial charge >= 0.3 is 12.1 Å². The van der Waals surface area contributed by atoms with Crippen LogP contribution in [0.25, 0.3) is 0 Å². The maximum absolute atomic E-state index is 11.8. The lowest BCUT2D eigenvalue weighted by molar-refractivity contribution is -0.174. The Balaban J connectivity index is 2.38. The largest absolute Gasteiger partial charge is 0.471 e. The minimum Gasteiger partial charge on any atom is -0.377 e. The summed E-state index contributed by atoms with van der Waals surface area (Å²) in [6.07, 6.45) is -4.85. The summed E-state index contributed by atoms with van der Waals surface area (Å²) in [5.74, 6) is -1.96. The number of rotatable bonds is 1. The van der Waals surface area contributed by atoms with E-state index in [0.717, 1.165) is 0 Å². The Morgan fingerprint density at radius 3 is 2.14 bits per heavy atom. The third kappa shape index (κ3) is 3.51. The van der Waals surface area contributed by atoms with Crippen LogP contribution in [-0.4, -0.2) is 44.6 Å². The number of carbonyl (C=O) groups is 1. The SMILES string of the molecule is O=C(NC1COCCOC1)C(F)(F)F. The molecule has 1 rings (SSSR count). The minimum atomic E-state index is -4.85. The summed E-state index contributed by atoms with van der Waals surface area (Å²) in [4.78, 5) is 10.5. The Labute approximate surface area is 78.4 Å². The predicted octanol–water partition coefficient (Wildman–Crippen LogP) is 0.0803. The van der Waals surface area contributed by atoms with Gasteiger partial charge in [0.2, 0.25) is 0 Å². The van der Waals surface area contributed by atoms with Crippen LogP contribution in [0, 0.1) is 0 Å². The first-order valence-electron chi connectivity index (χ1n) is 4.03. The van der Waals surface area contributed by atoms with Crippen LogP contribution < -0.4 is 5.32 Å². The molecule has 0 radical (unpaired) electrons. The fourth-order valence-electron chi connectivity index (χ4n) is 0.968. The van der Waals surface area contributed by atoms with Gasteiger partial charge in [0.15, 0.2) is 0 Å². The van der Waals surface area contributed by atoms with Gasteiger partial charge in [0, 0.05) is 0 Å². The second-order valence-corrected chi connectivity index (χ2v) is 2.82. The molecular weight excluding hydrogens is 203 g/mol. The zero-order chi connectivity index (χ0) is 10.6. The van der Waals surface area contributed by atoms with E-state index in [1.165, 1.54) is 0 Å². The molecule has 0 atom stereocenters. The first-order valence-corrected chi connectivity index (χ1v) is 4.03. The Kier molecular flexibility index (Phi) is 3.70. The molecule has 0 aromatic carbocycles. The van der Waals surface area contributed by atoms with Crippen LogP contribution >= 0.6 is 0 Å². The number of hydrogen-bond acceptors (Lipinski definition) is 3. The maximum Gasteiger partial charge on any atom is 0.471 e. The van der Waals surface area contributed by atoms with Gasteiger partial charge in [-0.3, -0.25) is 4.79 Å². The van der Waals surface area contributed by atoms with Gasteiger partial charge in [-0.2, -0.15) is 13.2 Å². The number of hydrogen-bond donors (Lipinski definition) is 1. The smallest absolute Gasteiger partial charge is 0.377 e. The van der Waals surface area contributed by atoms with E-state index in [9.17, 15) is 18.0 Å². The molecule has 0 saturated carbocycles. The molecule has 1 saturated heterocycles. The zero-order valence-electron chi connectivity index (χ0n) is 7.26. The number of carbonyl (C=O) groups excluding carboxylic acids is 1. The quantitative estimate of drug-likeness (QED) is 0.671. The van der Waals surface area contributed by atoms with Crippen molar-refractivity contribution in [1.82, 2.24) is 5.32 Å². The van der Waals surface area contributed by atoms with E-state index in [1.807, 2.05) is 0 Å². The van der Waals surface area contributed by atoms with Gasteiger partial charge < -0.3 is 14.8 Å². The second-order valence-electron chi connectivity index (χ2n) is 2.82. The van der Waals surface area contributed by atoms with Crippen LogP contribution in [0.2, 0.25) is 0 Å². The summed E-state index contributed by atoms with van der Waals surface area (Å²) in [5.41, 5.74) is 0. The lowest BCUT2D eigenvalue weighted by Crippen LogP contribution is -2.46. The highest BCUT2D eigenvalue weighted by atomic mass is 19.4. The van der Waals surface area contributed by atoms with Gasteiger partial charge in [-0.1, -0.05) is 0 Å². The first kappa shape index (κ1) is 11.3. The normalized spacial score (nSPS) is 20.2. The lowest BCUT2D eigenvalue weighted by atomic mass is 10.3. The summed E-state index contributed by atoms with van der Waals surface area (Å²) in [6.45, 7) is 0.750. The molecule has 1 heterocycles. The van der Waals surface area contributed by atoms with Gasteiger partial charge in [0.1, 0.15) is 0 Å². The second kappa shape index (κ2) is 4.61. The summed E-state index contributed by atoms with van der Waals surface area (Å²) in [7, 11) is 0. The van der Waals surface area contributed by atoms with E-state index in [4.69, 9.17) is 9.47 Å². The molecule has 1 amide bonds. The lowest BCUT2D eigenvalue weighted by Gasteiger charge is -2.16. The molecule has 0 aromatic rings. The van der Waals surface area contributed by atoms with Crippen molar-refractivity contribution in [2.24, 2.45) is 0 Å². The standard InChI is InChI=1S/C7H10F3NO3/c8-7(9,10)6(12)11-5-3-13-1-2-14-4-5/h5H,1-4H2,(H,11,12). The predicted molar refractivity (Wildman–Crippen MR) is 39.6 cm³/mol. The van der Waals surface area contributed by atoms with E-state index in [1.54, 1.807) is 5.32 Å². The molecule has 7 heteroatoms. The maximum atomic E-state index is 11.8. The molecule has 1 fully saturated rings. The Hall–Kier alpha value is -0.820. The summed E-state index contributed by atoms with van der Waals surface area (Å²) >= 11 is 0. The van der Waals surface area contributed by atoms with Gasteiger partial charge in [-0.15, -0.1) is 0 Å². The molecule has 0 bridgehead atoms. The highest BCUT2D eigenvalue weighted by Gasteiger charge is 2.39. The molecule has 1 aliphatic heterocycles. The Bertz CT molecular complexity index is 199. The first-order chi connectivity index (χ1) is 6.50. The molecule has 0 unspecified atom stereocenters. The van der Waals surface area contributed by atoms with Crippen LogP contribution in [0.5, 0.6) is 0 Å². The molecule has 82 valence electrons. The van der Waals surface area contributed by atoms with Crippen molar-refractivity contribution in [2.45, 2.75) is 12.2 Å². The van der Waals surface area contributed by atoms with Gasteiger partial charge in [0.25, 0.3) is 0 Å². The monoisotopic (exact) mass is 213 g/mol. The van der Waals surface area contributed by atoms with Crippen molar-refractivity contribution >= 4 is 5.91 Å². The van der Waals surface area contributed by atoms with Crippen molar-refractivity contribution in [3.8, 4) is 0 Å². The molecule has 0 aromatic heterocycles. The number of ether oxygens (including phenoxy) is 2. The van der Waals surface area contributed by atoms with Gasteiger partial charge in [-0.05, 0) is 0 Å². The van der Waals surface area contributed by atoms with E-state index in [2.05, 4.69) is 0 Å². The van der Waals surface area contributed by atoms with Gasteiger partial charge in [0.05, 0.1) is 32.5 Å². The third-order valence-corrected chi connectivity index (χ3v) is 1.60. The number of halogens is 3. The molecule has 1 aliphatic rings. The van der Waals surface area contributed by atoms with Gasteiger partial charge in [-0.25, -0.2) is 0 Å². The van der Waals surface area contributed by atoms with Crippen molar-refractivity contribution < 1.29 is 27.4 Å². The van der Waals surface area contributed by atoms with Crippen molar-refractivity contribution in [3.63, 3.8) is 0 Å². The Morgan fingerprint density at radius 1 is 1.21 bits per heavy atom. The summed E-state index contributed by atoms with van der Waals surface area (Å²) < 4.78 is 45.3. The van der Waals surface area contributed by atoms with E-state index in [-0.39, 0.29) is 13.2 Å². The zero-order valence-corrected chi connectivity index (χ0v) is 7.26. The molecule has 14 heavy (non-hydrogen) atoms. The van der Waals surface area contributed by atoms with Crippen LogP contribution in [0.3, 0.4) is 0 Å². The van der Waals surface area contributed by atoms with Crippen molar-refractivity contribution in [2.75, 3.05) is 26.4 Å². The van der Waals surface area contributed by atoms with E-state index in [0.29, 0.717) is 13.2 Å². The average Bonchev–Trinajstić information content (AvgIpc) is 2.31. The van der Waals surface area contributed by atoms with Crippen LogP contribution in [0.15, 0.2) is 0 Å². The number of amides is 1. The number of nitrogens with one attached hydrogen (secondary N) is 1. The van der Waals surface area contributed by atoms with Crippen LogP contribution in [0.4, 0.5) is 13.2 Å². The third-order valence-electron chi connectivity index (χ3n) is 1.60. The molecule has 0 spiro atoms. The molecule has 4 nitrogen and oxygen atoms in total. The van der Waals surface area contributed by atoms with Crippen LogP contribution in [-0.2, 0) is 14.3 Å². The van der Waals surface area contributed by atoms with E-state index >= 15 is 0 Å². The van der Waals surface area contributed by atoms with Crippen molar-refractivity contribution in [3.05, 3.63) is 0 Å². The minimum absolute atomic E-state index is 0.0435. The summed E-state index contributed by atoms with van der Waals surface area (Å²) in [5, 5.41) is 1.78. The highest BCUT2D eigenvalue weighted by molar-refractivity contribution is 5.81. The van der Waals surface area contributed by atoms with Crippen molar-refractivity contribution in [1.29, 1.82) is 0 Å².